The number of halogens is 1. The molecule has 1 atom stereocenters. The van der Waals surface area contributed by atoms with Crippen LogP contribution >= 0.6 is 15.9 Å². The van der Waals surface area contributed by atoms with Crippen molar-refractivity contribution in [3.05, 3.63) is 52.5 Å². The van der Waals surface area contributed by atoms with Gasteiger partial charge in [0.15, 0.2) is 11.5 Å². The van der Waals surface area contributed by atoms with E-state index in [2.05, 4.69) is 20.7 Å². The number of hydrogen-bond donors (Lipinski definition) is 1. The summed E-state index contributed by atoms with van der Waals surface area (Å²) in [4.78, 5) is 0.216. The van der Waals surface area contributed by atoms with Gasteiger partial charge in [-0.05, 0) is 48.9 Å². The minimum atomic E-state index is -3.60. The van der Waals surface area contributed by atoms with Crippen LogP contribution in [0.2, 0.25) is 0 Å². The van der Waals surface area contributed by atoms with Crippen LogP contribution in [0.25, 0.3) is 0 Å². The van der Waals surface area contributed by atoms with Crippen molar-refractivity contribution in [2.24, 2.45) is 0 Å². The van der Waals surface area contributed by atoms with E-state index in [0.717, 1.165) is 10.0 Å². The average molecular weight is 400 g/mol. The maximum Gasteiger partial charge on any atom is 0.241 e. The van der Waals surface area contributed by atoms with Gasteiger partial charge in [-0.3, -0.25) is 0 Å². The summed E-state index contributed by atoms with van der Waals surface area (Å²) in [5.74, 6) is 1.15. The van der Waals surface area contributed by atoms with E-state index in [1.54, 1.807) is 56.5 Å². The number of methoxy groups -OCH3 is 2. The van der Waals surface area contributed by atoms with Gasteiger partial charge in [0.25, 0.3) is 0 Å². The SMILES string of the molecule is COc1ccc([C@@H](C)NS(=O)(=O)c2ccc(Br)cc2)cc1OC. The molecule has 0 aliphatic heterocycles. The Kier molecular flexibility index (Phi) is 5.67. The molecule has 0 heterocycles. The van der Waals surface area contributed by atoms with E-state index in [-0.39, 0.29) is 4.90 Å². The normalized spacial score (nSPS) is 12.7. The zero-order valence-electron chi connectivity index (χ0n) is 13.0. The maximum atomic E-state index is 12.4. The molecule has 0 radical (unpaired) electrons. The molecule has 0 aliphatic rings. The lowest BCUT2D eigenvalue weighted by Crippen LogP contribution is -2.26. The van der Waals surface area contributed by atoms with E-state index in [0.29, 0.717) is 11.5 Å². The molecule has 2 aromatic carbocycles. The highest BCUT2D eigenvalue weighted by Crippen LogP contribution is 2.30. The zero-order chi connectivity index (χ0) is 17.0. The van der Waals surface area contributed by atoms with Crippen molar-refractivity contribution < 1.29 is 17.9 Å². The van der Waals surface area contributed by atoms with E-state index in [1.165, 1.54) is 7.11 Å². The fourth-order valence-corrected chi connectivity index (χ4v) is 3.60. The Morgan fingerprint density at radius 2 is 1.61 bits per heavy atom. The highest BCUT2D eigenvalue weighted by Gasteiger charge is 2.19. The summed E-state index contributed by atoms with van der Waals surface area (Å²) in [6.07, 6.45) is 0. The first-order valence-corrected chi connectivity index (χ1v) is 9.15. The molecule has 0 fully saturated rings. The van der Waals surface area contributed by atoms with Gasteiger partial charge in [-0.25, -0.2) is 13.1 Å². The lowest BCUT2D eigenvalue weighted by atomic mass is 10.1. The Labute approximate surface area is 144 Å². The molecule has 0 amide bonds. The zero-order valence-corrected chi connectivity index (χ0v) is 15.4. The Morgan fingerprint density at radius 3 is 2.17 bits per heavy atom. The third-order valence-electron chi connectivity index (χ3n) is 3.36. The number of nitrogens with one attached hydrogen (secondary N) is 1. The number of hydrogen-bond acceptors (Lipinski definition) is 4. The third kappa shape index (κ3) is 4.25. The third-order valence-corrected chi connectivity index (χ3v) is 5.45. The van der Waals surface area contributed by atoms with Crippen LogP contribution in [0, 0.1) is 0 Å². The Bertz CT molecular complexity index is 775. The van der Waals surface area contributed by atoms with Crippen LogP contribution < -0.4 is 14.2 Å². The number of sulfonamides is 1. The monoisotopic (exact) mass is 399 g/mol. The van der Waals surface area contributed by atoms with Gasteiger partial charge in [-0.1, -0.05) is 22.0 Å². The number of rotatable bonds is 6. The smallest absolute Gasteiger partial charge is 0.241 e. The second-order valence-corrected chi connectivity index (χ2v) is 7.54. The largest absolute Gasteiger partial charge is 0.493 e. The molecule has 2 aromatic rings. The highest BCUT2D eigenvalue weighted by atomic mass is 79.9. The van der Waals surface area contributed by atoms with Crippen molar-refractivity contribution in [2.75, 3.05) is 14.2 Å². The summed E-state index contributed by atoms with van der Waals surface area (Å²) < 4.78 is 38.8. The summed E-state index contributed by atoms with van der Waals surface area (Å²) in [7, 11) is -0.510. The van der Waals surface area contributed by atoms with Gasteiger partial charge < -0.3 is 9.47 Å². The minimum absolute atomic E-state index is 0.216. The first-order valence-electron chi connectivity index (χ1n) is 6.87. The van der Waals surface area contributed by atoms with Crippen molar-refractivity contribution in [1.82, 2.24) is 4.72 Å². The van der Waals surface area contributed by atoms with E-state index >= 15 is 0 Å². The van der Waals surface area contributed by atoms with Crippen LogP contribution in [0.1, 0.15) is 18.5 Å². The molecule has 2 rings (SSSR count). The van der Waals surface area contributed by atoms with Crippen molar-refractivity contribution in [1.29, 1.82) is 0 Å². The lowest BCUT2D eigenvalue weighted by molar-refractivity contribution is 0.354. The quantitative estimate of drug-likeness (QED) is 0.806. The summed E-state index contributed by atoms with van der Waals surface area (Å²) in [5.41, 5.74) is 0.781. The first-order chi connectivity index (χ1) is 10.9. The van der Waals surface area contributed by atoms with Gasteiger partial charge in [0, 0.05) is 10.5 Å². The molecular weight excluding hydrogens is 382 g/mol. The molecular formula is C16H18BrNO4S. The van der Waals surface area contributed by atoms with Gasteiger partial charge in [0.2, 0.25) is 10.0 Å². The Morgan fingerprint density at radius 1 is 1.00 bits per heavy atom. The van der Waals surface area contributed by atoms with E-state index < -0.39 is 16.1 Å². The van der Waals surface area contributed by atoms with E-state index in [9.17, 15) is 8.42 Å². The summed E-state index contributed by atoms with van der Waals surface area (Å²) in [6, 6.07) is 11.4. The predicted octanol–water partition coefficient (Wildman–Crippen LogP) is 3.51. The predicted molar refractivity (Wildman–Crippen MR) is 92.4 cm³/mol. The van der Waals surface area contributed by atoms with Crippen LogP contribution in [-0.2, 0) is 10.0 Å². The molecule has 7 heteroatoms. The number of ether oxygens (including phenoxy) is 2. The standard InChI is InChI=1S/C16H18BrNO4S/c1-11(12-4-9-15(21-2)16(10-12)22-3)18-23(19,20)14-7-5-13(17)6-8-14/h4-11,18H,1-3H3/t11-/m1/s1. The first kappa shape index (κ1) is 17.8. The van der Waals surface area contributed by atoms with Crippen LogP contribution in [0.3, 0.4) is 0 Å². The minimum Gasteiger partial charge on any atom is -0.493 e. The molecule has 0 saturated heterocycles. The summed E-state index contributed by atoms with van der Waals surface area (Å²) in [5, 5.41) is 0. The van der Waals surface area contributed by atoms with Crippen molar-refractivity contribution >= 4 is 26.0 Å². The molecule has 0 bridgehead atoms. The molecule has 23 heavy (non-hydrogen) atoms. The second kappa shape index (κ2) is 7.33. The van der Waals surface area contributed by atoms with Crippen LogP contribution in [0.4, 0.5) is 0 Å². The Balaban J connectivity index is 2.24. The van der Waals surface area contributed by atoms with Gasteiger partial charge in [0.1, 0.15) is 0 Å². The number of benzene rings is 2. The van der Waals surface area contributed by atoms with E-state index in [1.807, 2.05) is 0 Å². The lowest BCUT2D eigenvalue weighted by Gasteiger charge is -2.16. The van der Waals surface area contributed by atoms with Crippen LogP contribution in [0.15, 0.2) is 51.8 Å². The molecule has 0 aromatic heterocycles. The van der Waals surface area contributed by atoms with Crippen LogP contribution in [0.5, 0.6) is 11.5 Å². The fraction of sp³-hybridized carbons (Fsp3) is 0.250. The summed E-state index contributed by atoms with van der Waals surface area (Å²) >= 11 is 3.29. The van der Waals surface area contributed by atoms with Crippen LogP contribution in [-0.4, -0.2) is 22.6 Å². The van der Waals surface area contributed by atoms with Gasteiger partial charge in [-0.2, -0.15) is 0 Å². The van der Waals surface area contributed by atoms with Crippen molar-refractivity contribution in [3.63, 3.8) is 0 Å². The van der Waals surface area contributed by atoms with Crippen molar-refractivity contribution in [2.45, 2.75) is 17.9 Å². The molecule has 124 valence electrons. The molecule has 0 aliphatic carbocycles. The second-order valence-electron chi connectivity index (χ2n) is 4.91. The maximum absolute atomic E-state index is 12.4. The average Bonchev–Trinajstić information content (AvgIpc) is 2.54. The topological polar surface area (TPSA) is 64.6 Å². The summed E-state index contributed by atoms with van der Waals surface area (Å²) in [6.45, 7) is 1.78. The van der Waals surface area contributed by atoms with Gasteiger partial charge in [0.05, 0.1) is 19.1 Å². The molecule has 0 unspecified atom stereocenters. The van der Waals surface area contributed by atoms with Crippen molar-refractivity contribution in [3.8, 4) is 11.5 Å². The molecule has 0 spiro atoms. The molecule has 1 N–H and O–H groups in total. The van der Waals surface area contributed by atoms with E-state index in [4.69, 9.17) is 9.47 Å². The molecule has 0 saturated carbocycles. The molecule has 5 nitrogen and oxygen atoms in total. The highest BCUT2D eigenvalue weighted by molar-refractivity contribution is 9.10. The van der Waals surface area contributed by atoms with Gasteiger partial charge >= 0.3 is 0 Å². The fourth-order valence-electron chi connectivity index (χ4n) is 2.10. The van der Waals surface area contributed by atoms with Gasteiger partial charge in [-0.15, -0.1) is 0 Å². The Hall–Kier alpha value is -1.57.